The average molecular weight is 662 g/mol. The summed E-state index contributed by atoms with van der Waals surface area (Å²) in [5.41, 5.74) is 0. The van der Waals surface area contributed by atoms with Crippen molar-refractivity contribution in [2.24, 2.45) is 0 Å². The minimum atomic E-state index is -4.51. The second-order valence-corrected chi connectivity index (χ2v) is 15.0. The lowest BCUT2D eigenvalue weighted by molar-refractivity contribution is -0.870. The monoisotopic (exact) mass is 662 g/mol. The molecule has 8 nitrogen and oxygen atoms in total. The highest BCUT2D eigenvalue weighted by Gasteiger charge is 2.20. The predicted molar refractivity (Wildman–Crippen MR) is 185 cm³/mol. The summed E-state index contributed by atoms with van der Waals surface area (Å²) in [6, 6.07) is 0. The highest BCUT2D eigenvalue weighted by atomic mass is 31.2. The van der Waals surface area contributed by atoms with Crippen LogP contribution in [-0.4, -0.2) is 70.7 Å². The average Bonchev–Trinajstić information content (AvgIpc) is 2.98. The van der Waals surface area contributed by atoms with Crippen LogP contribution in [0.2, 0.25) is 0 Å². The summed E-state index contributed by atoms with van der Waals surface area (Å²) in [5.74, 6) is -0.344. The van der Waals surface area contributed by atoms with Crippen molar-refractivity contribution in [3.63, 3.8) is 0 Å². The molecule has 2 atom stereocenters. The zero-order valence-electron chi connectivity index (χ0n) is 30.1. The van der Waals surface area contributed by atoms with Crippen LogP contribution in [0.5, 0.6) is 0 Å². The van der Waals surface area contributed by atoms with E-state index in [1.807, 2.05) is 21.1 Å². The lowest BCUT2D eigenvalue weighted by atomic mass is 10.1. The van der Waals surface area contributed by atoms with Crippen molar-refractivity contribution in [2.75, 3.05) is 54.1 Å². The molecule has 0 radical (unpaired) electrons. The van der Waals surface area contributed by atoms with Gasteiger partial charge in [0.25, 0.3) is 7.82 Å². The summed E-state index contributed by atoms with van der Waals surface area (Å²) in [5, 5.41) is 0. The number of carbonyl (C=O) groups is 1. The number of likely N-dealkylation sites (N-methyl/N-ethyl adjacent to an activating group) is 1. The first-order valence-electron chi connectivity index (χ1n) is 18.4. The first kappa shape index (κ1) is 44.2. The Morgan fingerprint density at radius 2 is 1.16 bits per heavy atom. The van der Waals surface area contributed by atoms with Crippen LogP contribution < -0.4 is 4.89 Å². The molecule has 45 heavy (non-hydrogen) atoms. The Bertz CT molecular complexity index is 741. The predicted octanol–water partition coefficient (Wildman–Crippen LogP) is 9.30. The van der Waals surface area contributed by atoms with Crippen molar-refractivity contribution < 1.29 is 37.3 Å². The van der Waals surface area contributed by atoms with Crippen LogP contribution in [0.3, 0.4) is 0 Å². The van der Waals surface area contributed by atoms with Gasteiger partial charge < -0.3 is 27.9 Å². The Labute approximate surface area is 278 Å². The normalized spacial score (nSPS) is 14.2. The van der Waals surface area contributed by atoms with E-state index in [2.05, 4.69) is 26.0 Å². The maximum absolute atomic E-state index is 12.6. The number of allylic oxidation sites excluding steroid dienone is 2. The molecule has 0 amide bonds. The zero-order chi connectivity index (χ0) is 33.5. The van der Waals surface area contributed by atoms with Gasteiger partial charge >= 0.3 is 5.97 Å². The first-order chi connectivity index (χ1) is 21.6. The molecule has 0 saturated heterocycles. The highest BCUT2D eigenvalue weighted by Crippen LogP contribution is 2.38. The molecule has 0 heterocycles. The van der Waals surface area contributed by atoms with Crippen molar-refractivity contribution in [1.29, 1.82) is 0 Å². The lowest BCUT2D eigenvalue weighted by Crippen LogP contribution is -2.37. The van der Waals surface area contributed by atoms with E-state index in [1.165, 1.54) is 89.9 Å². The molecule has 2 unspecified atom stereocenters. The second kappa shape index (κ2) is 30.6. The maximum atomic E-state index is 12.6. The number of quaternary nitrogens is 1. The van der Waals surface area contributed by atoms with E-state index in [1.54, 1.807) is 0 Å². The number of rotatable bonds is 34. The van der Waals surface area contributed by atoms with Crippen molar-refractivity contribution in [2.45, 2.75) is 161 Å². The van der Waals surface area contributed by atoms with Gasteiger partial charge in [0.15, 0.2) is 0 Å². The van der Waals surface area contributed by atoms with Crippen LogP contribution >= 0.6 is 7.82 Å². The van der Waals surface area contributed by atoms with E-state index in [-0.39, 0.29) is 25.8 Å². The Balaban J connectivity index is 4.28. The smallest absolute Gasteiger partial charge is 0.306 e. The second-order valence-electron chi connectivity index (χ2n) is 13.6. The fourth-order valence-corrected chi connectivity index (χ4v) is 5.62. The number of ether oxygens (including phenoxy) is 2. The van der Waals surface area contributed by atoms with Gasteiger partial charge in [0, 0.05) is 13.0 Å². The van der Waals surface area contributed by atoms with Gasteiger partial charge in [-0.3, -0.25) is 9.36 Å². The quantitative estimate of drug-likeness (QED) is 0.0223. The van der Waals surface area contributed by atoms with E-state index in [9.17, 15) is 14.3 Å². The number of unbranched alkanes of at least 4 members (excludes halogenated alkanes) is 18. The van der Waals surface area contributed by atoms with Gasteiger partial charge in [-0.25, -0.2) is 0 Å². The molecule has 0 aliphatic heterocycles. The fraction of sp³-hybridized carbons (Fsp3) is 0.917. The van der Waals surface area contributed by atoms with Gasteiger partial charge in [0.05, 0.1) is 34.4 Å². The minimum Gasteiger partial charge on any atom is -0.756 e. The highest BCUT2D eigenvalue weighted by molar-refractivity contribution is 7.45. The molecule has 0 saturated carbocycles. The molecule has 0 spiro atoms. The Kier molecular flexibility index (Phi) is 30.0. The summed E-state index contributed by atoms with van der Waals surface area (Å²) in [6.07, 6.45) is 29.3. The van der Waals surface area contributed by atoms with Crippen molar-refractivity contribution in [3.8, 4) is 0 Å². The van der Waals surface area contributed by atoms with E-state index in [4.69, 9.17) is 18.5 Å². The Morgan fingerprint density at radius 3 is 1.69 bits per heavy atom. The lowest BCUT2D eigenvalue weighted by Gasteiger charge is -2.28. The number of hydrogen-bond acceptors (Lipinski definition) is 7. The number of hydrogen-bond donors (Lipinski definition) is 0. The number of carbonyl (C=O) groups excluding carboxylic acids is 1. The third kappa shape index (κ3) is 34.4. The zero-order valence-corrected chi connectivity index (χ0v) is 31.0. The van der Waals surface area contributed by atoms with Crippen molar-refractivity contribution in [1.82, 2.24) is 0 Å². The summed E-state index contributed by atoms with van der Waals surface area (Å²) < 4.78 is 34.3. The van der Waals surface area contributed by atoms with E-state index in [0.717, 1.165) is 44.9 Å². The van der Waals surface area contributed by atoms with Crippen molar-refractivity contribution in [3.05, 3.63) is 12.2 Å². The van der Waals surface area contributed by atoms with Gasteiger partial charge in [-0.15, -0.1) is 0 Å². The molecule has 0 aliphatic rings. The van der Waals surface area contributed by atoms with Gasteiger partial charge in [-0.05, 0) is 38.5 Å². The van der Waals surface area contributed by atoms with Crippen LogP contribution in [-0.2, 0) is 27.9 Å². The largest absolute Gasteiger partial charge is 0.756 e. The summed E-state index contributed by atoms with van der Waals surface area (Å²) in [4.78, 5) is 24.8. The molecule has 0 bridgehead atoms. The van der Waals surface area contributed by atoms with Crippen LogP contribution in [0.4, 0.5) is 0 Å². The number of esters is 1. The molecule has 0 fully saturated rings. The van der Waals surface area contributed by atoms with Crippen LogP contribution in [0.15, 0.2) is 12.2 Å². The van der Waals surface area contributed by atoms with Gasteiger partial charge in [-0.2, -0.15) is 0 Å². The molecule has 0 N–H and O–H groups in total. The van der Waals surface area contributed by atoms with Gasteiger partial charge in [0.2, 0.25) is 0 Å². The Hall–Kier alpha value is -0.760. The third-order valence-electron chi connectivity index (χ3n) is 7.82. The van der Waals surface area contributed by atoms with E-state index >= 15 is 0 Å². The van der Waals surface area contributed by atoms with Gasteiger partial charge in [-0.1, -0.05) is 122 Å². The summed E-state index contributed by atoms with van der Waals surface area (Å²) in [7, 11) is 1.35. The molecule has 9 heteroatoms. The van der Waals surface area contributed by atoms with Crippen LogP contribution in [0, 0.1) is 0 Å². The van der Waals surface area contributed by atoms with E-state index in [0.29, 0.717) is 24.1 Å². The minimum absolute atomic E-state index is 0.0269. The van der Waals surface area contributed by atoms with Crippen LogP contribution in [0.1, 0.15) is 155 Å². The molecular weight excluding hydrogens is 589 g/mol. The summed E-state index contributed by atoms with van der Waals surface area (Å²) >= 11 is 0. The number of phosphoric acid groups is 1. The SMILES string of the molecule is CCCCCCCC/C=C\CCCCCCCC(=O)OC(COCCCCCCCCCC)COP(=O)([O-])OCC[N+](C)(C)C. The standard InChI is InChI=1S/C36H72NO7P/c1-6-8-10-12-14-16-17-18-19-20-21-22-23-25-27-29-36(38)44-35(33-41-31-28-26-24-15-13-11-9-7-2)34-43-45(39,40)42-32-30-37(3,4)5/h18-19,35H,6-17,20-34H2,1-5H3/b19-18-. The molecule has 268 valence electrons. The fourth-order valence-electron chi connectivity index (χ4n) is 4.89. The first-order valence-corrected chi connectivity index (χ1v) is 19.9. The Morgan fingerprint density at radius 1 is 0.667 bits per heavy atom. The molecule has 0 aromatic heterocycles. The molecule has 0 aliphatic carbocycles. The molecule has 0 aromatic carbocycles. The van der Waals surface area contributed by atoms with Gasteiger partial charge in [0.1, 0.15) is 19.3 Å². The topological polar surface area (TPSA) is 94.1 Å². The molecule has 0 rings (SSSR count). The van der Waals surface area contributed by atoms with Crippen molar-refractivity contribution >= 4 is 13.8 Å². The maximum Gasteiger partial charge on any atom is 0.306 e. The van der Waals surface area contributed by atoms with E-state index < -0.39 is 13.9 Å². The summed E-state index contributed by atoms with van der Waals surface area (Å²) in [6.45, 7) is 5.37. The number of nitrogens with zero attached hydrogens (tertiary/aromatic N) is 1. The van der Waals surface area contributed by atoms with Crippen LogP contribution in [0.25, 0.3) is 0 Å². The molecule has 0 aromatic rings. The molecular formula is C36H72NO7P. The number of phosphoric ester groups is 1. The third-order valence-corrected chi connectivity index (χ3v) is 8.78.